The Balaban J connectivity index is 1.48. The van der Waals surface area contributed by atoms with Crippen molar-refractivity contribution in [1.29, 1.82) is 0 Å². The summed E-state index contributed by atoms with van der Waals surface area (Å²) in [5, 5.41) is 7.11. The maximum atomic E-state index is 12.1. The van der Waals surface area contributed by atoms with Crippen LogP contribution in [0.5, 0.6) is 0 Å². The summed E-state index contributed by atoms with van der Waals surface area (Å²) >= 11 is 1.50. The number of anilines is 1. The summed E-state index contributed by atoms with van der Waals surface area (Å²) in [5.41, 5.74) is 5.85. The summed E-state index contributed by atoms with van der Waals surface area (Å²) in [7, 11) is 0. The molecule has 0 saturated carbocycles. The Morgan fingerprint density at radius 3 is 2.93 bits per heavy atom. The minimum absolute atomic E-state index is 0.149. The van der Waals surface area contributed by atoms with Crippen LogP contribution in [0, 0.1) is 11.8 Å². The Bertz CT molecular complexity index is 804. The van der Waals surface area contributed by atoms with Gasteiger partial charge >= 0.3 is 5.97 Å². The van der Waals surface area contributed by atoms with Gasteiger partial charge in [-0.1, -0.05) is 44.2 Å². The molecule has 2 atom stereocenters. The predicted molar refractivity (Wildman–Crippen MR) is 113 cm³/mol. The molecule has 1 aromatic heterocycles. The van der Waals surface area contributed by atoms with E-state index in [9.17, 15) is 4.79 Å². The van der Waals surface area contributed by atoms with E-state index < -0.39 is 0 Å². The second-order valence-corrected chi connectivity index (χ2v) is 8.35. The van der Waals surface area contributed by atoms with Crippen molar-refractivity contribution in [3.05, 3.63) is 35.7 Å². The molecule has 1 aliphatic heterocycles. The standard InChI is InChI=1S/C21H27N3O3S/c1-14(2)11-26-12-18-10-17(20(25)27-18)9-15(3)23-24-21-22-19(13-28-21)16-7-5-4-6-8-16/h4-8,13-14,17-18H,9-12H2,1-3H3,(H,22,24). The Hall–Kier alpha value is -2.25. The largest absolute Gasteiger partial charge is 0.460 e. The maximum absolute atomic E-state index is 12.1. The van der Waals surface area contributed by atoms with E-state index in [2.05, 4.69) is 29.4 Å². The molecule has 2 heterocycles. The number of hydrazone groups is 1. The van der Waals surface area contributed by atoms with Crippen molar-refractivity contribution in [2.24, 2.45) is 16.9 Å². The number of nitrogens with zero attached hydrogens (tertiary/aromatic N) is 2. The summed E-state index contributed by atoms with van der Waals surface area (Å²) in [6, 6.07) is 10.0. The zero-order valence-corrected chi connectivity index (χ0v) is 17.4. The molecule has 0 aliphatic carbocycles. The number of rotatable bonds is 9. The van der Waals surface area contributed by atoms with Crippen LogP contribution in [0.15, 0.2) is 40.8 Å². The fourth-order valence-electron chi connectivity index (χ4n) is 3.04. The summed E-state index contributed by atoms with van der Waals surface area (Å²) in [6.45, 7) is 7.26. The molecule has 0 spiro atoms. The van der Waals surface area contributed by atoms with Gasteiger partial charge in [-0.3, -0.25) is 10.2 Å². The first-order valence-electron chi connectivity index (χ1n) is 9.59. The molecule has 1 N–H and O–H groups in total. The van der Waals surface area contributed by atoms with Crippen LogP contribution in [-0.4, -0.2) is 36.0 Å². The van der Waals surface area contributed by atoms with Crippen LogP contribution in [-0.2, 0) is 14.3 Å². The smallest absolute Gasteiger partial charge is 0.309 e. The third-order valence-corrected chi connectivity index (χ3v) is 5.12. The van der Waals surface area contributed by atoms with Gasteiger partial charge in [0.15, 0.2) is 0 Å². The molecule has 1 aliphatic rings. The number of carbonyl (C=O) groups excluding carboxylic acids is 1. The average Bonchev–Trinajstić information content (AvgIpc) is 3.28. The number of carbonyl (C=O) groups is 1. The van der Waals surface area contributed by atoms with Gasteiger partial charge < -0.3 is 9.47 Å². The molecule has 0 amide bonds. The molecular formula is C21H27N3O3S. The van der Waals surface area contributed by atoms with Gasteiger partial charge in [0.05, 0.1) is 18.2 Å². The third-order valence-electron chi connectivity index (χ3n) is 4.38. The molecule has 2 unspecified atom stereocenters. The molecule has 2 aromatic rings. The number of aromatic nitrogens is 1. The molecule has 1 aromatic carbocycles. The van der Waals surface area contributed by atoms with Gasteiger partial charge in [0.25, 0.3) is 0 Å². The van der Waals surface area contributed by atoms with Gasteiger partial charge in [-0.25, -0.2) is 4.98 Å². The predicted octanol–water partition coefficient (Wildman–Crippen LogP) is 4.59. The van der Waals surface area contributed by atoms with E-state index in [1.54, 1.807) is 0 Å². The number of benzene rings is 1. The maximum Gasteiger partial charge on any atom is 0.309 e. The van der Waals surface area contributed by atoms with Crippen molar-refractivity contribution in [1.82, 2.24) is 4.98 Å². The SMILES string of the molecule is CC(CC1CC(COCC(C)C)OC1=O)=NNc1nc(-c2ccccc2)cs1. The monoisotopic (exact) mass is 401 g/mol. The van der Waals surface area contributed by atoms with Gasteiger partial charge in [0, 0.05) is 36.1 Å². The zero-order chi connectivity index (χ0) is 19.9. The van der Waals surface area contributed by atoms with Crippen molar-refractivity contribution >= 4 is 28.1 Å². The molecule has 0 bridgehead atoms. The summed E-state index contributed by atoms with van der Waals surface area (Å²) in [5.74, 6) is 0.157. The molecule has 0 radical (unpaired) electrons. The fourth-order valence-corrected chi connectivity index (χ4v) is 3.70. The molecule has 1 saturated heterocycles. The zero-order valence-electron chi connectivity index (χ0n) is 16.6. The van der Waals surface area contributed by atoms with E-state index in [1.165, 1.54) is 11.3 Å². The molecule has 150 valence electrons. The quantitative estimate of drug-likeness (QED) is 0.378. The van der Waals surface area contributed by atoms with E-state index >= 15 is 0 Å². The Kier molecular flexibility index (Phi) is 7.17. The average molecular weight is 402 g/mol. The van der Waals surface area contributed by atoms with Gasteiger partial charge in [-0.05, 0) is 12.8 Å². The molecule has 3 rings (SSSR count). The number of hydrogen-bond acceptors (Lipinski definition) is 7. The number of thiazole rings is 1. The third kappa shape index (κ3) is 5.87. The molecule has 1 fully saturated rings. The van der Waals surface area contributed by atoms with Crippen LogP contribution < -0.4 is 5.43 Å². The topological polar surface area (TPSA) is 72.8 Å². The second kappa shape index (κ2) is 9.80. The first-order valence-corrected chi connectivity index (χ1v) is 10.5. The lowest BCUT2D eigenvalue weighted by atomic mass is 9.99. The van der Waals surface area contributed by atoms with Crippen LogP contribution in [0.1, 0.15) is 33.6 Å². The Morgan fingerprint density at radius 1 is 1.39 bits per heavy atom. The highest BCUT2D eigenvalue weighted by Crippen LogP contribution is 2.26. The number of hydrogen-bond donors (Lipinski definition) is 1. The van der Waals surface area contributed by atoms with Crippen LogP contribution in [0.3, 0.4) is 0 Å². The molecular weight excluding hydrogens is 374 g/mol. The van der Waals surface area contributed by atoms with E-state index in [4.69, 9.17) is 9.47 Å². The van der Waals surface area contributed by atoms with Crippen LogP contribution in [0.2, 0.25) is 0 Å². The van der Waals surface area contributed by atoms with Crippen molar-refractivity contribution in [2.75, 3.05) is 18.6 Å². The lowest BCUT2D eigenvalue weighted by molar-refractivity contribution is -0.146. The van der Waals surface area contributed by atoms with Gasteiger partial charge in [-0.2, -0.15) is 5.10 Å². The van der Waals surface area contributed by atoms with E-state index in [0.717, 1.165) is 22.1 Å². The van der Waals surface area contributed by atoms with Crippen molar-refractivity contribution in [2.45, 2.75) is 39.7 Å². The van der Waals surface area contributed by atoms with E-state index in [0.29, 0.717) is 32.0 Å². The molecule has 7 heteroatoms. The highest BCUT2D eigenvalue weighted by atomic mass is 32.1. The first kappa shape index (κ1) is 20.5. The highest BCUT2D eigenvalue weighted by Gasteiger charge is 2.34. The lowest BCUT2D eigenvalue weighted by Crippen LogP contribution is -2.17. The Labute approximate surface area is 170 Å². The highest BCUT2D eigenvalue weighted by molar-refractivity contribution is 7.14. The number of ether oxygens (including phenoxy) is 2. The van der Waals surface area contributed by atoms with Crippen LogP contribution in [0.4, 0.5) is 5.13 Å². The van der Waals surface area contributed by atoms with Crippen molar-refractivity contribution < 1.29 is 14.3 Å². The first-order chi connectivity index (χ1) is 13.5. The van der Waals surface area contributed by atoms with Crippen molar-refractivity contribution in [3.63, 3.8) is 0 Å². The van der Waals surface area contributed by atoms with E-state index in [1.807, 2.05) is 42.6 Å². The number of cyclic esters (lactones) is 1. The normalized spacial score (nSPS) is 19.9. The fraction of sp³-hybridized carbons (Fsp3) is 0.476. The number of nitrogens with one attached hydrogen (secondary N) is 1. The Morgan fingerprint density at radius 2 is 2.18 bits per heavy atom. The van der Waals surface area contributed by atoms with Crippen molar-refractivity contribution in [3.8, 4) is 11.3 Å². The van der Waals surface area contributed by atoms with Crippen LogP contribution >= 0.6 is 11.3 Å². The van der Waals surface area contributed by atoms with E-state index in [-0.39, 0.29) is 18.0 Å². The summed E-state index contributed by atoms with van der Waals surface area (Å²) in [6.07, 6.45) is 1.10. The summed E-state index contributed by atoms with van der Waals surface area (Å²) in [4.78, 5) is 16.6. The van der Waals surface area contributed by atoms with Gasteiger partial charge in [-0.15, -0.1) is 11.3 Å². The molecule has 28 heavy (non-hydrogen) atoms. The minimum atomic E-state index is -0.159. The second-order valence-electron chi connectivity index (χ2n) is 7.49. The van der Waals surface area contributed by atoms with Gasteiger partial charge in [0.1, 0.15) is 6.10 Å². The minimum Gasteiger partial charge on any atom is -0.460 e. The molecule has 6 nitrogen and oxygen atoms in total. The summed E-state index contributed by atoms with van der Waals surface area (Å²) < 4.78 is 11.0. The van der Waals surface area contributed by atoms with Crippen LogP contribution in [0.25, 0.3) is 11.3 Å². The number of esters is 1. The lowest BCUT2D eigenvalue weighted by Gasteiger charge is -2.11. The van der Waals surface area contributed by atoms with Gasteiger partial charge in [0.2, 0.25) is 5.13 Å².